The Bertz CT molecular complexity index is 1630. The van der Waals surface area contributed by atoms with Crippen LogP contribution >= 0.6 is 43.6 Å². The molecule has 0 amide bonds. The molecule has 1 N–H and O–H groups in total. The van der Waals surface area contributed by atoms with Crippen molar-refractivity contribution in [2.45, 2.75) is 11.3 Å². The summed E-state index contributed by atoms with van der Waals surface area (Å²) in [6, 6.07) is 23.8. The number of rotatable bonds is 8. The molecule has 3 aromatic carbocycles. The molecule has 2 aromatic heterocycles. The third-order valence-corrected chi connectivity index (χ3v) is 7.73. The lowest BCUT2D eigenvalue weighted by Crippen LogP contribution is -2.20. The normalized spacial score (nSPS) is 12.0. The standard InChI is InChI=1S/C27H19Br2N3O4S/c28-21-7-3-1-5-19(21)25-26(20-6-2-4-8-22(20)29)31-32-27(30-25)37-15-17(33)14-35-18-11-9-16-10-12-24(34)36-23(16)13-18/h1-13,17,33H,14-15H2. The number of nitrogens with zero attached hydrogens (tertiary/aromatic N) is 3. The summed E-state index contributed by atoms with van der Waals surface area (Å²) in [6.07, 6.45) is -0.790. The van der Waals surface area contributed by atoms with Crippen LogP contribution in [0, 0.1) is 0 Å². The summed E-state index contributed by atoms with van der Waals surface area (Å²) in [7, 11) is 0. The molecule has 37 heavy (non-hydrogen) atoms. The Labute approximate surface area is 233 Å². The van der Waals surface area contributed by atoms with E-state index >= 15 is 0 Å². The Morgan fingerprint density at radius 3 is 2.30 bits per heavy atom. The van der Waals surface area contributed by atoms with Gasteiger partial charge in [0.05, 0.1) is 6.10 Å². The van der Waals surface area contributed by atoms with E-state index in [0.717, 1.165) is 25.5 Å². The first-order valence-electron chi connectivity index (χ1n) is 11.2. The second-order valence-corrected chi connectivity index (χ2v) is 10.7. The van der Waals surface area contributed by atoms with E-state index in [1.54, 1.807) is 24.3 Å². The van der Waals surface area contributed by atoms with Crippen molar-refractivity contribution in [1.29, 1.82) is 0 Å². The molecule has 0 aliphatic heterocycles. The molecule has 0 radical (unpaired) electrons. The van der Waals surface area contributed by atoms with Gasteiger partial charge >= 0.3 is 5.63 Å². The number of aliphatic hydroxyl groups is 1. The van der Waals surface area contributed by atoms with Crippen LogP contribution < -0.4 is 10.4 Å². The first-order chi connectivity index (χ1) is 18.0. The maximum Gasteiger partial charge on any atom is 0.336 e. The number of thioether (sulfide) groups is 1. The van der Waals surface area contributed by atoms with Crippen molar-refractivity contribution in [3.8, 4) is 28.3 Å². The van der Waals surface area contributed by atoms with Crippen LogP contribution in [-0.4, -0.2) is 38.8 Å². The van der Waals surface area contributed by atoms with E-state index in [1.807, 2.05) is 48.5 Å². The lowest BCUT2D eigenvalue weighted by molar-refractivity contribution is 0.126. The molecule has 0 bridgehead atoms. The van der Waals surface area contributed by atoms with Gasteiger partial charge in [0.25, 0.3) is 0 Å². The first-order valence-corrected chi connectivity index (χ1v) is 13.8. The monoisotopic (exact) mass is 639 g/mol. The average Bonchev–Trinajstić information content (AvgIpc) is 2.91. The highest BCUT2D eigenvalue weighted by Crippen LogP contribution is 2.36. The van der Waals surface area contributed by atoms with Gasteiger partial charge < -0.3 is 14.3 Å². The molecule has 1 unspecified atom stereocenters. The Hall–Kier alpha value is -3.05. The molecule has 7 nitrogen and oxygen atoms in total. The summed E-state index contributed by atoms with van der Waals surface area (Å²) in [5, 5.41) is 20.6. The van der Waals surface area contributed by atoms with E-state index in [9.17, 15) is 9.90 Å². The van der Waals surface area contributed by atoms with E-state index in [4.69, 9.17) is 14.1 Å². The van der Waals surface area contributed by atoms with Crippen LogP contribution in [0.1, 0.15) is 0 Å². The van der Waals surface area contributed by atoms with Gasteiger partial charge in [-0.3, -0.25) is 0 Å². The zero-order chi connectivity index (χ0) is 25.8. The van der Waals surface area contributed by atoms with E-state index < -0.39 is 11.7 Å². The first kappa shape index (κ1) is 25.6. The second kappa shape index (κ2) is 11.6. The molecular formula is C27H19Br2N3O4S. The largest absolute Gasteiger partial charge is 0.491 e. The Balaban J connectivity index is 1.32. The molecule has 5 aromatic rings. The number of aromatic nitrogens is 3. The number of ether oxygens (including phenoxy) is 1. The molecule has 0 saturated carbocycles. The molecule has 5 rings (SSSR count). The van der Waals surface area contributed by atoms with Crippen LogP contribution in [0.3, 0.4) is 0 Å². The maximum absolute atomic E-state index is 11.5. The predicted molar refractivity (Wildman–Crippen MR) is 151 cm³/mol. The maximum atomic E-state index is 11.5. The SMILES string of the molecule is O=c1ccc2ccc(OCC(O)CSc3nnc(-c4ccccc4Br)c(-c4ccccc4Br)n3)cc2o1. The molecule has 0 fully saturated rings. The summed E-state index contributed by atoms with van der Waals surface area (Å²) in [4.78, 5) is 16.3. The van der Waals surface area contributed by atoms with Gasteiger partial charge in [0.15, 0.2) is 0 Å². The highest BCUT2D eigenvalue weighted by Gasteiger charge is 2.18. The summed E-state index contributed by atoms with van der Waals surface area (Å²) in [6.45, 7) is 0.0507. The summed E-state index contributed by atoms with van der Waals surface area (Å²) in [5.41, 5.74) is 3.09. The van der Waals surface area contributed by atoms with Crippen molar-refractivity contribution >= 4 is 54.6 Å². The van der Waals surface area contributed by atoms with Crippen molar-refractivity contribution in [2.75, 3.05) is 12.4 Å². The van der Waals surface area contributed by atoms with Crippen molar-refractivity contribution in [1.82, 2.24) is 15.2 Å². The fraction of sp³-hybridized carbons (Fsp3) is 0.111. The third kappa shape index (κ3) is 6.10. The molecule has 0 aliphatic carbocycles. The van der Waals surface area contributed by atoms with Crippen molar-refractivity contribution in [3.63, 3.8) is 0 Å². The zero-order valence-corrected chi connectivity index (χ0v) is 23.2. The number of halogens is 2. The molecule has 10 heteroatoms. The van der Waals surface area contributed by atoms with Gasteiger partial charge in [-0.2, -0.15) is 0 Å². The predicted octanol–water partition coefficient (Wildman–Crippen LogP) is 6.37. The van der Waals surface area contributed by atoms with Gasteiger partial charge in [-0.1, -0.05) is 80.0 Å². The van der Waals surface area contributed by atoms with Gasteiger partial charge in [-0.15, -0.1) is 10.2 Å². The van der Waals surface area contributed by atoms with Crippen LogP contribution in [0.5, 0.6) is 5.75 Å². The van der Waals surface area contributed by atoms with Crippen LogP contribution in [0.4, 0.5) is 0 Å². The van der Waals surface area contributed by atoms with Gasteiger partial charge in [-0.05, 0) is 30.3 Å². The van der Waals surface area contributed by atoms with E-state index in [0.29, 0.717) is 33.6 Å². The van der Waals surface area contributed by atoms with E-state index in [-0.39, 0.29) is 6.61 Å². The molecule has 186 valence electrons. The Morgan fingerprint density at radius 1 is 0.892 bits per heavy atom. The lowest BCUT2D eigenvalue weighted by Gasteiger charge is -2.14. The lowest BCUT2D eigenvalue weighted by atomic mass is 10.0. The fourth-order valence-electron chi connectivity index (χ4n) is 3.59. The zero-order valence-electron chi connectivity index (χ0n) is 19.2. The quantitative estimate of drug-likeness (QED) is 0.154. The molecule has 0 saturated heterocycles. The summed E-state index contributed by atoms with van der Waals surface area (Å²) in [5.74, 6) is 0.798. The Kier molecular flexibility index (Phi) is 7.99. The summed E-state index contributed by atoms with van der Waals surface area (Å²) >= 11 is 8.51. The molecule has 0 spiro atoms. The van der Waals surface area contributed by atoms with Crippen molar-refractivity contribution in [3.05, 3.63) is 98.2 Å². The van der Waals surface area contributed by atoms with Crippen LogP contribution in [0.2, 0.25) is 0 Å². The Morgan fingerprint density at radius 2 is 1.57 bits per heavy atom. The fourth-order valence-corrected chi connectivity index (χ4v) is 5.23. The van der Waals surface area contributed by atoms with Crippen molar-refractivity contribution in [2.24, 2.45) is 0 Å². The number of hydrogen-bond donors (Lipinski definition) is 1. The number of aliphatic hydroxyl groups excluding tert-OH is 1. The minimum Gasteiger partial charge on any atom is -0.491 e. The molecular weight excluding hydrogens is 622 g/mol. The highest BCUT2D eigenvalue weighted by molar-refractivity contribution is 9.11. The molecule has 1 atom stereocenters. The van der Waals surface area contributed by atoms with Gasteiger partial charge in [-0.25, -0.2) is 9.78 Å². The minimum absolute atomic E-state index is 0.0507. The van der Waals surface area contributed by atoms with Crippen LogP contribution in [-0.2, 0) is 0 Å². The third-order valence-electron chi connectivity index (χ3n) is 5.37. The van der Waals surface area contributed by atoms with Gasteiger partial charge in [0.1, 0.15) is 29.3 Å². The van der Waals surface area contributed by atoms with E-state index in [1.165, 1.54) is 17.8 Å². The second-order valence-electron chi connectivity index (χ2n) is 7.98. The molecule has 0 aliphatic rings. The summed E-state index contributed by atoms with van der Waals surface area (Å²) < 4.78 is 12.7. The highest BCUT2D eigenvalue weighted by atomic mass is 79.9. The van der Waals surface area contributed by atoms with Crippen LogP contribution in [0.15, 0.2) is 102 Å². The number of hydrogen-bond acceptors (Lipinski definition) is 8. The minimum atomic E-state index is -0.790. The van der Waals surface area contributed by atoms with Crippen molar-refractivity contribution < 1.29 is 14.3 Å². The van der Waals surface area contributed by atoms with Gasteiger partial charge in [0, 0.05) is 43.3 Å². The molecule has 2 heterocycles. The van der Waals surface area contributed by atoms with Gasteiger partial charge in [0.2, 0.25) is 5.16 Å². The van der Waals surface area contributed by atoms with Crippen LogP contribution in [0.25, 0.3) is 33.5 Å². The number of benzene rings is 3. The average molecular weight is 641 g/mol. The topological polar surface area (TPSA) is 98.3 Å². The smallest absolute Gasteiger partial charge is 0.336 e. The number of fused-ring (bicyclic) bond motifs is 1. The van der Waals surface area contributed by atoms with E-state index in [2.05, 4.69) is 42.1 Å².